The summed E-state index contributed by atoms with van der Waals surface area (Å²) in [6, 6.07) is 5.46. The van der Waals surface area contributed by atoms with Crippen LogP contribution < -0.4 is 14.8 Å². The highest BCUT2D eigenvalue weighted by Crippen LogP contribution is 2.39. The molecule has 0 spiro atoms. The molecule has 1 atom stereocenters. The molecule has 0 unspecified atom stereocenters. The molecule has 1 aromatic heterocycles. The van der Waals surface area contributed by atoms with E-state index >= 15 is 0 Å². The van der Waals surface area contributed by atoms with Gasteiger partial charge in [-0.3, -0.25) is 4.79 Å². The van der Waals surface area contributed by atoms with Crippen molar-refractivity contribution < 1.29 is 18.8 Å². The smallest absolute Gasteiger partial charge is 0.238 e. The molecule has 0 aliphatic carbocycles. The zero-order chi connectivity index (χ0) is 17.8. The van der Waals surface area contributed by atoms with Gasteiger partial charge < -0.3 is 19.3 Å². The lowest BCUT2D eigenvalue weighted by Crippen LogP contribution is -2.22. The predicted octanol–water partition coefficient (Wildman–Crippen LogP) is 4.06. The number of aryl methyl sites for hydroxylation is 1. The van der Waals surface area contributed by atoms with Crippen LogP contribution >= 0.6 is 23.4 Å². The van der Waals surface area contributed by atoms with Crippen molar-refractivity contribution in [3.8, 4) is 11.5 Å². The van der Waals surface area contributed by atoms with Crippen molar-refractivity contribution in [3.05, 3.63) is 34.5 Å². The molecule has 1 aliphatic rings. The van der Waals surface area contributed by atoms with Crippen LogP contribution in [-0.4, -0.2) is 29.5 Å². The highest BCUT2D eigenvalue weighted by molar-refractivity contribution is 7.99. The van der Waals surface area contributed by atoms with Crippen molar-refractivity contribution >= 4 is 35.1 Å². The molecule has 2 heterocycles. The summed E-state index contributed by atoms with van der Waals surface area (Å²) < 4.78 is 16.3. The van der Waals surface area contributed by atoms with Gasteiger partial charge in [-0.25, -0.2) is 0 Å². The van der Waals surface area contributed by atoms with Gasteiger partial charge in [-0.2, -0.15) is 0 Å². The first-order valence-corrected chi connectivity index (χ1v) is 9.39. The molecule has 0 bridgehead atoms. The maximum absolute atomic E-state index is 12.2. The first-order valence-electron chi connectivity index (χ1n) is 7.97. The van der Waals surface area contributed by atoms with E-state index in [0.717, 1.165) is 12.0 Å². The quantitative estimate of drug-likeness (QED) is 0.840. The summed E-state index contributed by atoms with van der Waals surface area (Å²) in [5, 5.41) is 6.77. The Hall–Kier alpha value is -1.86. The maximum atomic E-state index is 12.2. The number of hydrogen-bond donors (Lipinski definition) is 1. The molecule has 1 N–H and O–H groups in total. The van der Waals surface area contributed by atoms with E-state index in [4.69, 9.17) is 25.6 Å². The first kappa shape index (κ1) is 17.9. The van der Waals surface area contributed by atoms with Crippen molar-refractivity contribution in [2.24, 2.45) is 0 Å². The van der Waals surface area contributed by atoms with Crippen LogP contribution in [-0.2, 0) is 10.5 Å². The Bertz CT molecular complexity index is 765. The van der Waals surface area contributed by atoms with Gasteiger partial charge in [0.15, 0.2) is 17.3 Å². The molecule has 1 aromatic carbocycles. The summed E-state index contributed by atoms with van der Waals surface area (Å²) in [5.74, 6) is 2.84. The number of fused-ring (bicyclic) bond motifs is 1. The number of nitrogens with zero attached hydrogens (tertiary/aromatic N) is 1. The summed E-state index contributed by atoms with van der Waals surface area (Å²) >= 11 is 7.80. The molecular formula is C17H19ClN2O4S. The lowest BCUT2D eigenvalue weighted by Gasteiger charge is -2.13. The molecule has 3 rings (SSSR count). The normalized spacial score (nSPS) is 14.7. The van der Waals surface area contributed by atoms with Crippen molar-refractivity contribution in [1.29, 1.82) is 0 Å². The Morgan fingerprint density at radius 2 is 2.16 bits per heavy atom. The molecule has 0 saturated heterocycles. The average Bonchev–Trinajstić information content (AvgIpc) is 2.84. The SMILES string of the molecule is Cc1cc(NC(=O)[C@@H](C)SCc2cc(Cl)c3c(c2)OCCCO3)no1. The van der Waals surface area contributed by atoms with Gasteiger partial charge in [0.25, 0.3) is 0 Å². The number of anilines is 1. The summed E-state index contributed by atoms with van der Waals surface area (Å²) in [4.78, 5) is 12.2. The van der Waals surface area contributed by atoms with Crippen LogP contribution in [0, 0.1) is 6.92 Å². The van der Waals surface area contributed by atoms with Gasteiger partial charge in [0.2, 0.25) is 5.91 Å². The van der Waals surface area contributed by atoms with E-state index in [-0.39, 0.29) is 11.2 Å². The van der Waals surface area contributed by atoms with E-state index in [9.17, 15) is 4.79 Å². The molecule has 1 amide bonds. The minimum Gasteiger partial charge on any atom is -0.489 e. The highest BCUT2D eigenvalue weighted by Gasteiger charge is 2.18. The van der Waals surface area contributed by atoms with Crippen LogP contribution in [0.5, 0.6) is 11.5 Å². The van der Waals surface area contributed by atoms with Crippen LogP contribution in [0.2, 0.25) is 5.02 Å². The third-order valence-corrected chi connectivity index (χ3v) is 5.11. The second-order valence-electron chi connectivity index (χ2n) is 5.72. The van der Waals surface area contributed by atoms with Crippen LogP contribution in [0.4, 0.5) is 5.82 Å². The van der Waals surface area contributed by atoms with Crippen LogP contribution in [0.25, 0.3) is 0 Å². The fourth-order valence-corrected chi connectivity index (χ4v) is 3.42. The van der Waals surface area contributed by atoms with Gasteiger partial charge in [-0.05, 0) is 31.5 Å². The Balaban J connectivity index is 1.60. The van der Waals surface area contributed by atoms with E-state index in [1.54, 1.807) is 13.0 Å². The van der Waals surface area contributed by atoms with Crippen molar-refractivity contribution in [1.82, 2.24) is 5.16 Å². The van der Waals surface area contributed by atoms with Crippen LogP contribution in [0.3, 0.4) is 0 Å². The number of aromatic nitrogens is 1. The summed E-state index contributed by atoms with van der Waals surface area (Å²) in [6.45, 7) is 4.82. The van der Waals surface area contributed by atoms with Crippen molar-refractivity contribution in [3.63, 3.8) is 0 Å². The maximum Gasteiger partial charge on any atom is 0.238 e. The minimum atomic E-state index is -0.258. The van der Waals surface area contributed by atoms with Gasteiger partial charge >= 0.3 is 0 Å². The molecule has 134 valence electrons. The second-order valence-corrected chi connectivity index (χ2v) is 7.46. The number of rotatable bonds is 5. The summed E-state index contributed by atoms with van der Waals surface area (Å²) in [6.07, 6.45) is 0.827. The molecule has 1 aliphatic heterocycles. The topological polar surface area (TPSA) is 73.6 Å². The van der Waals surface area contributed by atoms with Crippen LogP contribution in [0.15, 0.2) is 22.7 Å². The largest absolute Gasteiger partial charge is 0.489 e. The average molecular weight is 383 g/mol. The minimum absolute atomic E-state index is 0.126. The van der Waals surface area contributed by atoms with Crippen molar-refractivity contribution in [2.45, 2.75) is 31.3 Å². The zero-order valence-corrected chi connectivity index (χ0v) is 15.6. The Labute approximate surface area is 155 Å². The third kappa shape index (κ3) is 4.61. The van der Waals surface area contributed by atoms with Gasteiger partial charge in [0.1, 0.15) is 5.76 Å². The van der Waals surface area contributed by atoms with E-state index < -0.39 is 0 Å². The lowest BCUT2D eigenvalue weighted by atomic mass is 10.2. The number of hydrogen-bond acceptors (Lipinski definition) is 6. The second kappa shape index (κ2) is 8.01. The Morgan fingerprint density at radius 3 is 2.92 bits per heavy atom. The van der Waals surface area contributed by atoms with E-state index in [0.29, 0.717) is 47.1 Å². The molecule has 0 fully saturated rings. The van der Waals surface area contributed by atoms with E-state index in [1.807, 2.05) is 19.1 Å². The number of thioether (sulfide) groups is 1. The zero-order valence-electron chi connectivity index (χ0n) is 14.0. The molecule has 8 heteroatoms. The van der Waals surface area contributed by atoms with E-state index in [2.05, 4.69) is 10.5 Å². The van der Waals surface area contributed by atoms with Gasteiger partial charge in [-0.15, -0.1) is 11.8 Å². The van der Waals surface area contributed by atoms with Gasteiger partial charge in [0.05, 0.1) is 23.5 Å². The number of carbonyl (C=O) groups excluding carboxylic acids is 1. The number of amides is 1. The van der Waals surface area contributed by atoms with Gasteiger partial charge in [0, 0.05) is 18.2 Å². The standard InChI is InChI=1S/C17H19ClN2O4S/c1-10-6-15(20-24-10)19-17(21)11(2)25-9-12-7-13(18)16-14(8-12)22-4-3-5-23-16/h6-8,11H,3-5,9H2,1-2H3,(H,19,20,21)/t11-/m1/s1. The fourth-order valence-electron chi connectivity index (χ4n) is 2.32. The first-order chi connectivity index (χ1) is 12.0. The van der Waals surface area contributed by atoms with Crippen LogP contribution in [0.1, 0.15) is 24.7 Å². The Morgan fingerprint density at radius 1 is 1.36 bits per heavy atom. The Kier molecular flexibility index (Phi) is 5.75. The monoisotopic (exact) mass is 382 g/mol. The predicted molar refractivity (Wildman–Crippen MR) is 97.7 cm³/mol. The molecule has 0 saturated carbocycles. The molecule has 25 heavy (non-hydrogen) atoms. The molecule has 0 radical (unpaired) electrons. The third-order valence-electron chi connectivity index (χ3n) is 3.61. The number of nitrogens with one attached hydrogen (secondary N) is 1. The number of halogens is 1. The fraction of sp³-hybridized carbons (Fsp3) is 0.412. The highest BCUT2D eigenvalue weighted by atomic mass is 35.5. The van der Waals surface area contributed by atoms with Gasteiger partial charge in [-0.1, -0.05) is 16.8 Å². The van der Waals surface area contributed by atoms with Crippen molar-refractivity contribution in [2.75, 3.05) is 18.5 Å². The summed E-state index contributed by atoms with van der Waals surface area (Å²) in [5.41, 5.74) is 0.983. The molecule has 2 aromatic rings. The lowest BCUT2D eigenvalue weighted by molar-refractivity contribution is -0.115. The number of ether oxygens (including phenoxy) is 2. The number of carbonyl (C=O) groups is 1. The molecule has 6 nitrogen and oxygen atoms in total. The number of benzene rings is 1. The molecular weight excluding hydrogens is 364 g/mol. The summed E-state index contributed by atoms with van der Waals surface area (Å²) in [7, 11) is 0. The van der Waals surface area contributed by atoms with E-state index in [1.165, 1.54) is 11.8 Å².